The molecule has 3 rings (SSSR count). The summed E-state index contributed by atoms with van der Waals surface area (Å²) in [5.74, 6) is 0.571. The van der Waals surface area contributed by atoms with Gasteiger partial charge in [-0.3, -0.25) is 4.98 Å². The van der Waals surface area contributed by atoms with E-state index in [0.29, 0.717) is 11.0 Å². The average Bonchev–Trinajstić information content (AvgIpc) is 3.00. The first-order chi connectivity index (χ1) is 8.33. The molecule has 0 aliphatic carbocycles. The minimum atomic E-state index is 0.452. The van der Waals surface area contributed by atoms with Crippen LogP contribution >= 0.6 is 11.5 Å². The van der Waals surface area contributed by atoms with Gasteiger partial charge in [0, 0.05) is 35.8 Å². The number of nitrogens with zero attached hydrogens (tertiary/aromatic N) is 4. The minimum Gasteiger partial charge on any atom is -0.374 e. The highest BCUT2D eigenvalue weighted by Crippen LogP contribution is 2.19. The second-order valence-electron chi connectivity index (χ2n) is 3.45. The predicted octanol–water partition coefficient (Wildman–Crippen LogP) is 1.97. The van der Waals surface area contributed by atoms with E-state index in [1.807, 2.05) is 41.2 Å². The molecule has 84 valence electrons. The second kappa shape index (κ2) is 3.99. The van der Waals surface area contributed by atoms with Crippen molar-refractivity contribution < 1.29 is 0 Å². The lowest BCUT2D eigenvalue weighted by Crippen LogP contribution is -1.93. The summed E-state index contributed by atoms with van der Waals surface area (Å²) in [6.07, 6.45) is 5.69. The van der Waals surface area contributed by atoms with E-state index in [4.69, 9.17) is 5.73 Å². The van der Waals surface area contributed by atoms with Crippen LogP contribution in [0.4, 0.5) is 5.13 Å². The number of rotatable bonds is 2. The maximum atomic E-state index is 5.56. The van der Waals surface area contributed by atoms with Crippen LogP contribution in [0.25, 0.3) is 17.2 Å². The van der Waals surface area contributed by atoms with E-state index < -0.39 is 0 Å². The summed E-state index contributed by atoms with van der Waals surface area (Å²) in [6, 6.07) is 7.80. The Hall–Kier alpha value is -2.21. The van der Waals surface area contributed by atoms with Crippen LogP contribution in [0, 0.1) is 0 Å². The van der Waals surface area contributed by atoms with Gasteiger partial charge in [-0.25, -0.2) is 0 Å². The number of aromatic nitrogens is 4. The largest absolute Gasteiger partial charge is 0.374 e. The number of hydrogen-bond donors (Lipinski definition) is 1. The lowest BCUT2D eigenvalue weighted by molar-refractivity contribution is 1.07. The molecule has 2 N–H and O–H groups in total. The van der Waals surface area contributed by atoms with Crippen LogP contribution in [-0.2, 0) is 0 Å². The van der Waals surface area contributed by atoms with Crippen LogP contribution in [0.5, 0.6) is 0 Å². The zero-order valence-corrected chi connectivity index (χ0v) is 9.63. The summed E-state index contributed by atoms with van der Waals surface area (Å²) in [5, 5.41) is 0.452. The molecule has 5 nitrogen and oxygen atoms in total. The lowest BCUT2D eigenvalue weighted by atomic mass is 10.3. The van der Waals surface area contributed by atoms with Gasteiger partial charge < -0.3 is 10.3 Å². The van der Waals surface area contributed by atoms with Crippen LogP contribution < -0.4 is 5.73 Å². The molecule has 0 atom stereocenters. The molecule has 0 saturated carbocycles. The van der Waals surface area contributed by atoms with Gasteiger partial charge in [0.1, 0.15) is 5.69 Å². The van der Waals surface area contributed by atoms with Gasteiger partial charge in [0.25, 0.3) is 0 Å². The Morgan fingerprint density at radius 2 is 2.06 bits per heavy atom. The van der Waals surface area contributed by atoms with Gasteiger partial charge in [0.05, 0.1) is 0 Å². The van der Waals surface area contributed by atoms with E-state index in [2.05, 4.69) is 14.3 Å². The lowest BCUT2D eigenvalue weighted by Gasteiger charge is -2.03. The van der Waals surface area contributed by atoms with E-state index >= 15 is 0 Å². The van der Waals surface area contributed by atoms with Gasteiger partial charge in [-0.1, -0.05) is 0 Å². The van der Waals surface area contributed by atoms with Crippen LogP contribution in [-0.4, -0.2) is 18.9 Å². The van der Waals surface area contributed by atoms with Crippen molar-refractivity contribution in [3.05, 3.63) is 42.9 Å². The predicted molar refractivity (Wildman–Crippen MR) is 66.9 cm³/mol. The van der Waals surface area contributed by atoms with Crippen LogP contribution in [0.3, 0.4) is 0 Å². The van der Waals surface area contributed by atoms with Crippen molar-refractivity contribution in [3.63, 3.8) is 0 Å². The number of nitrogen functional groups attached to an aromatic ring is 1. The Morgan fingerprint density at radius 1 is 1.24 bits per heavy atom. The van der Waals surface area contributed by atoms with E-state index in [-0.39, 0.29) is 0 Å². The molecule has 3 heterocycles. The summed E-state index contributed by atoms with van der Waals surface area (Å²) in [4.78, 5) is 8.36. The molecule has 0 spiro atoms. The van der Waals surface area contributed by atoms with Crippen molar-refractivity contribution in [2.75, 3.05) is 5.73 Å². The molecule has 17 heavy (non-hydrogen) atoms. The monoisotopic (exact) mass is 243 g/mol. The molecule has 0 bridgehead atoms. The highest BCUT2D eigenvalue weighted by Gasteiger charge is 2.07. The number of pyridine rings is 1. The van der Waals surface area contributed by atoms with Crippen molar-refractivity contribution >= 4 is 16.7 Å². The molecule has 3 aromatic heterocycles. The second-order valence-corrected chi connectivity index (χ2v) is 4.23. The van der Waals surface area contributed by atoms with Crippen LogP contribution in [0.15, 0.2) is 42.9 Å². The molecule has 3 aromatic rings. The first-order valence-electron chi connectivity index (χ1n) is 5.02. The quantitative estimate of drug-likeness (QED) is 0.747. The fraction of sp³-hybridized carbons (Fsp3) is 0. The summed E-state index contributed by atoms with van der Waals surface area (Å²) in [7, 11) is 0. The van der Waals surface area contributed by atoms with E-state index in [1.54, 1.807) is 6.20 Å². The first kappa shape index (κ1) is 9.98. The van der Waals surface area contributed by atoms with Crippen molar-refractivity contribution in [2.24, 2.45) is 0 Å². The molecule has 0 aliphatic heterocycles. The maximum absolute atomic E-state index is 5.56. The van der Waals surface area contributed by atoms with Crippen molar-refractivity contribution in [3.8, 4) is 17.2 Å². The smallest absolute Gasteiger partial charge is 0.200 e. The molecular formula is C11H9N5S. The van der Waals surface area contributed by atoms with Crippen molar-refractivity contribution in [1.82, 2.24) is 18.9 Å². The zero-order valence-electron chi connectivity index (χ0n) is 8.82. The molecule has 0 unspecified atom stereocenters. The Kier molecular flexibility index (Phi) is 2.34. The molecule has 0 aromatic carbocycles. The van der Waals surface area contributed by atoms with E-state index in [0.717, 1.165) is 11.4 Å². The molecule has 0 fully saturated rings. The third-order valence-corrected chi connectivity index (χ3v) is 2.86. The molecule has 6 heteroatoms. The number of anilines is 1. The molecule has 0 amide bonds. The third kappa shape index (κ3) is 1.90. The number of nitrogens with two attached hydrogens (primary N) is 1. The van der Waals surface area contributed by atoms with Crippen LogP contribution in [0.2, 0.25) is 0 Å². The Bertz CT molecular complexity index is 629. The topological polar surface area (TPSA) is 69.6 Å². The minimum absolute atomic E-state index is 0.452. The van der Waals surface area contributed by atoms with Gasteiger partial charge in [0.2, 0.25) is 0 Å². The Morgan fingerprint density at radius 3 is 2.76 bits per heavy atom. The zero-order chi connectivity index (χ0) is 11.7. The van der Waals surface area contributed by atoms with Crippen LogP contribution in [0.1, 0.15) is 0 Å². The van der Waals surface area contributed by atoms with Crippen molar-refractivity contribution in [1.29, 1.82) is 0 Å². The molecular weight excluding hydrogens is 234 g/mol. The maximum Gasteiger partial charge on any atom is 0.200 e. The summed E-state index contributed by atoms with van der Waals surface area (Å²) in [6.45, 7) is 0. The molecule has 0 aliphatic rings. The normalized spacial score (nSPS) is 10.6. The summed E-state index contributed by atoms with van der Waals surface area (Å²) < 4.78 is 6.14. The fourth-order valence-corrected chi connectivity index (χ4v) is 1.99. The summed E-state index contributed by atoms with van der Waals surface area (Å²) >= 11 is 1.17. The van der Waals surface area contributed by atoms with Crippen molar-refractivity contribution in [2.45, 2.75) is 0 Å². The van der Waals surface area contributed by atoms with Gasteiger partial charge >= 0.3 is 0 Å². The molecule has 0 saturated heterocycles. The third-order valence-electron chi connectivity index (χ3n) is 2.32. The SMILES string of the molecule is Nc1nc(-c2cc(-n3cccc3)ccn2)ns1. The van der Waals surface area contributed by atoms with Gasteiger partial charge in [-0.15, -0.1) is 0 Å². The number of hydrogen-bond acceptors (Lipinski definition) is 5. The van der Waals surface area contributed by atoms with E-state index in [9.17, 15) is 0 Å². The standard InChI is InChI=1S/C11H9N5S/c12-11-14-10(15-17-11)9-7-8(3-4-13-9)16-5-1-2-6-16/h1-7H,(H2,12,14,15). The van der Waals surface area contributed by atoms with Gasteiger partial charge in [-0.05, 0) is 24.3 Å². The molecule has 0 radical (unpaired) electrons. The Balaban J connectivity index is 2.05. The Labute approximate surface area is 102 Å². The fourth-order valence-electron chi connectivity index (χ4n) is 1.55. The highest BCUT2D eigenvalue weighted by atomic mass is 32.1. The first-order valence-corrected chi connectivity index (χ1v) is 5.79. The van der Waals surface area contributed by atoms with Gasteiger partial charge in [-0.2, -0.15) is 9.36 Å². The average molecular weight is 243 g/mol. The highest BCUT2D eigenvalue weighted by molar-refractivity contribution is 7.09. The van der Waals surface area contributed by atoms with Gasteiger partial charge in [0.15, 0.2) is 11.0 Å². The van der Waals surface area contributed by atoms with E-state index in [1.165, 1.54) is 11.5 Å². The summed E-state index contributed by atoms with van der Waals surface area (Å²) in [5.41, 5.74) is 7.31.